The van der Waals surface area contributed by atoms with Crippen molar-refractivity contribution in [1.29, 1.82) is 0 Å². The number of benzene rings is 2. The molecule has 0 bridgehead atoms. The lowest BCUT2D eigenvalue weighted by Gasteiger charge is -2.20. The molecule has 1 heterocycles. The summed E-state index contributed by atoms with van der Waals surface area (Å²) in [6.07, 6.45) is 2.92. The van der Waals surface area contributed by atoms with Gasteiger partial charge in [-0.25, -0.2) is 4.98 Å². The minimum atomic E-state index is -0.0114. The number of quaternary nitrogens is 1. The highest BCUT2D eigenvalue weighted by molar-refractivity contribution is 7.98. The Kier molecular flexibility index (Phi) is 6.93. The first-order chi connectivity index (χ1) is 13.5. The van der Waals surface area contributed by atoms with Crippen LogP contribution in [0.25, 0.3) is 10.2 Å². The second-order valence-electron chi connectivity index (χ2n) is 6.80. The molecule has 0 saturated carbocycles. The molecule has 7 heteroatoms. The van der Waals surface area contributed by atoms with Crippen molar-refractivity contribution in [2.45, 2.75) is 11.3 Å². The van der Waals surface area contributed by atoms with Crippen LogP contribution in [-0.4, -0.2) is 51.4 Å². The summed E-state index contributed by atoms with van der Waals surface area (Å²) in [5, 5.41) is 0.716. The predicted molar refractivity (Wildman–Crippen MR) is 118 cm³/mol. The average molecular weight is 417 g/mol. The monoisotopic (exact) mass is 416 g/mol. The second-order valence-corrected chi connectivity index (χ2v) is 8.69. The molecule has 0 spiro atoms. The van der Waals surface area contributed by atoms with Crippen LogP contribution in [0, 0.1) is 0 Å². The summed E-state index contributed by atoms with van der Waals surface area (Å²) >= 11 is 3.16. The molecule has 0 fully saturated rings. The number of aromatic nitrogens is 1. The third-order valence-electron chi connectivity index (χ3n) is 4.44. The fraction of sp³-hybridized carbons (Fsp3) is 0.333. The molecule has 28 heavy (non-hydrogen) atoms. The lowest BCUT2D eigenvalue weighted by atomic mass is 10.2. The van der Waals surface area contributed by atoms with Crippen LogP contribution >= 0.6 is 23.1 Å². The number of thiazole rings is 1. The van der Waals surface area contributed by atoms with Crippen LogP contribution in [-0.2, 0) is 0 Å². The van der Waals surface area contributed by atoms with Gasteiger partial charge in [-0.3, -0.25) is 9.69 Å². The number of thioether (sulfide) groups is 1. The summed E-state index contributed by atoms with van der Waals surface area (Å²) in [6, 6.07) is 13.6. The van der Waals surface area contributed by atoms with Crippen molar-refractivity contribution < 1.29 is 14.4 Å². The normalized spacial score (nSPS) is 11.2. The Balaban J connectivity index is 1.97. The van der Waals surface area contributed by atoms with E-state index in [2.05, 4.69) is 14.1 Å². The maximum Gasteiger partial charge on any atom is 0.260 e. The van der Waals surface area contributed by atoms with Crippen molar-refractivity contribution in [3.63, 3.8) is 0 Å². The summed E-state index contributed by atoms with van der Waals surface area (Å²) in [6.45, 7) is 1.62. The van der Waals surface area contributed by atoms with Gasteiger partial charge < -0.3 is 9.64 Å². The Hall–Kier alpha value is -2.09. The van der Waals surface area contributed by atoms with Gasteiger partial charge in [0.25, 0.3) is 5.91 Å². The highest BCUT2D eigenvalue weighted by Gasteiger charge is 2.22. The first kappa shape index (κ1) is 20.6. The van der Waals surface area contributed by atoms with Gasteiger partial charge in [0.15, 0.2) is 5.13 Å². The number of hydrogen-bond acceptors (Lipinski definition) is 5. The topological polar surface area (TPSA) is 46.9 Å². The van der Waals surface area contributed by atoms with E-state index in [4.69, 9.17) is 9.72 Å². The van der Waals surface area contributed by atoms with Gasteiger partial charge in [-0.1, -0.05) is 23.5 Å². The van der Waals surface area contributed by atoms with E-state index in [1.807, 2.05) is 53.6 Å². The van der Waals surface area contributed by atoms with E-state index < -0.39 is 0 Å². The zero-order valence-corrected chi connectivity index (χ0v) is 18.3. The van der Waals surface area contributed by atoms with Crippen LogP contribution in [0.1, 0.15) is 16.8 Å². The van der Waals surface area contributed by atoms with Crippen LogP contribution in [0.5, 0.6) is 5.75 Å². The molecule has 0 aliphatic heterocycles. The van der Waals surface area contributed by atoms with E-state index in [0.717, 1.165) is 33.8 Å². The third-order valence-corrected chi connectivity index (χ3v) is 6.21. The van der Waals surface area contributed by atoms with E-state index in [-0.39, 0.29) is 5.91 Å². The smallest absolute Gasteiger partial charge is 0.260 e. The number of fused-ring (bicyclic) bond motifs is 1. The maximum atomic E-state index is 13.4. The van der Waals surface area contributed by atoms with Crippen molar-refractivity contribution in [1.82, 2.24) is 4.98 Å². The number of amides is 1. The van der Waals surface area contributed by atoms with Gasteiger partial charge in [0, 0.05) is 23.4 Å². The molecule has 5 nitrogen and oxygen atoms in total. The lowest BCUT2D eigenvalue weighted by Crippen LogP contribution is -3.05. The zero-order valence-electron chi connectivity index (χ0n) is 16.7. The van der Waals surface area contributed by atoms with Crippen molar-refractivity contribution in [2.24, 2.45) is 0 Å². The molecule has 0 saturated heterocycles. The van der Waals surface area contributed by atoms with Gasteiger partial charge in [0.1, 0.15) is 11.3 Å². The molecular weight excluding hydrogens is 390 g/mol. The first-order valence-corrected chi connectivity index (χ1v) is 11.3. The van der Waals surface area contributed by atoms with Gasteiger partial charge in [-0.2, -0.15) is 0 Å². The van der Waals surface area contributed by atoms with E-state index in [1.54, 1.807) is 18.9 Å². The van der Waals surface area contributed by atoms with Gasteiger partial charge in [0.2, 0.25) is 0 Å². The van der Waals surface area contributed by atoms with Gasteiger partial charge in [-0.15, -0.1) is 11.8 Å². The summed E-state index contributed by atoms with van der Waals surface area (Å²) in [7, 11) is 5.89. The van der Waals surface area contributed by atoms with Crippen LogP contribution in [0.4, 0.5) is 5.13 Å². The number of carbonyl (C=O) groups excluding carboxylic acids is 1. The van der Waals surface area contributed by atoms with Crippen LogP contribution in [0.2, 0.25) is 0 Å². The molecule has 1 amide bonds. The number of para-hydroxylation sites is 1. The molecule has 2 aromatic carbocycles. The fourth-order valence-corrected chi connectivity index (χ4v) is 4.45. The summed E-state index contributed by atoms with van der Waals surface area (Å²) < 4.78 is 6.46. The number of hydrogen-bond donors (Lipinski definition) is 1. The molecule has 0 unspecified atom stereocenters. The maximum absolute atomic E-state index is 13.4. The second kappa shape index (κ2) is 9.41. The molecule has 0 radical (unpaired) electrons. The minimum absolute atomic E-state index is 0.0114. The molecule has 0 atom stereocenters. The van der Waals surface area contributed by atoms with Crippen LogP contribution in [0.3, 0.4) is 0 Å². The highest BCUT2D eigenvalue weighted by Crippen LogP contribution is 2.34. The number of methoxy groups -OCH3 is 1. The minimum Gasteiger partial charge on any atom is -0.494 e. The lowest BCUT2D eigenvalue weighted by molar-refractivity contribution is -0.858. The molecule has 148 valence electrons. The van der Waals surface area contributed by atoms with E-state index in [0.29, 0.717) is 17.2 Å². The molecule has 1 aromatic heterocycles. The SMILES string of the molecule is COc1cccc2sc(N(CCC[NH+](C)C)C(=O)c3cccc(SC)c3)nc12. The molecule has 0 aliphatic carbocycles. The number of nitrogens with zero attached hydrogens (tertiary/aromatic N) is 2. The van der Waals surface area contributed by atoms with Crippen LogP contribution < -0.4 is 14.5 Å². The predicted octanol–water partition coefficient (Wildman–Crippen LogP) is 3.21. The summed E-state index contributed by atoms with van der Waals surface area (Å²) in [5.74, 6) is 0.720. The Morgan fingerprint density at radius 1 is 1.25 bits per heavy atom. The van der Waals surface area contributed by atoms with Gasteiger partial charge in [0.05, 0.1) is 32.4 Å². The number of anilines is 1. The Bertz CT molecular complexity index is 956. The van der Waals surface area contributed by atoms with E-state index in [9.17, 15) is 4.79 Å². The number of nitrogens with one attached hydrogen (secondary N) is 1. The summed E-state index contributed by atoms with van der Waals surface area (Å²) in [5.41, 5.74) is 1.49. The molecule has 3 aromatic rings. The Morgan fingerprint density at radius 3 is 2.75 bits per heavy atom. The highest BCUT2D eigenvalue weighted by atomic mass is 32.2. The average Bonchev–Trinajstić information content (AvgIpc) is 3.14. The van der Waals surface area contributed by atoms with Crippen LogP contribution in [0.15, 0.2) is 47.4 Å². The molecule has 3 rings (SSSR count). The quantitative estimate of drug-likeness (QED) is 0.573. The van der Waals surface area contributed by atoms with E-state index >= 15 is 0 Å². The van der Waals surface area contributed by atoms with Crippen molar-refractivity contribution in [2.75, 3.05) is 45.5 Å². The number of carbonyl (C=O) groups is 1. The van der Waals surface area contributed by atoms with Gasteiger partial charge >= 0.3 is 0 Å². The number of rotatable bonds is 8. The Labute approximate surface area is 174 Å². The van der Waals surface area contributed by atoms with Gasteiger partial charge in [-0.05, 0) is 36.6 Å². The fourth-order valence-electron chi connectivity index (χ4n) is 2.98. The standard InChI is InChI=1S/C21H25N3O2S2/c1-23(2)12-7-13-24(20(25)15-8-5-9-16(14-15)27-4)21-22-19-17(26-3)10-6-11-18(19)28-21/h5-6,8-11,14H,7,12-13H2,1-4H3/p+1. The van der Waals surface area contributed by atoms with E-state index in [1.165, 1.54) is 16.2 Å². The largest absolute Gasteiger partial charge is 0.494 e. The molecule has 1 N–H and O–H groups in total. The van der Waals surface area contributed by atoms with Crippen molar-refractivity contribution in [3.05, 3.63) is 48.0 Å². The molecule has 0 aliphatic rings. The molecular formula is C21H26N3O2S2+. The Morgan fingerprint density at radius 2 is 2.04 bits per heavy atom. The van der Waals surface area contributed by atoms with Crippen molar-refractivity contribution in [3.8, 4) is 5.75 Å². The van der Waals surface area contributed by atoms with Crippen molar-refractivity contribution >= 4 is 44.4 Å². The first-order valence-electron chi connectivity index (χ1n) is 9.22. The summed E-state index contributed by atoms with van der Waals surface area (Å²) in [4.78, 5) is 22.4. The third kappa shape index (κ3) is 4.66. The number of ether oxygens (including phenoxy) is 1. The zero-order chi connectivity index (χ0) is 20.1.